The lowest BCUT2D eigenvalue weighted by Gasteiger charge is -2.09. The van der Waals surface area contributed by atoms with Gasteiger partial charge in [-0.2, -0.15) is 4.79 Å². The molecule has 5 nitrogen and oxygen atoms in total. The van der Waals surface area contributed by atoms with Crippen LogP contribution in [0.2, 0.25) is 0 Å². The number of methoxy groups -OCH3 is 1. The summed E-state index contributed by atoms with van der Waals surface area (Å²) in [5.74, 6) is -0.627. The predicted octanol–water partition coefficient (Wildman–Crippen LogP) is 3.82. The SMILES string of the molecule is COc1cccc(Nc2cccc3c2cc(C(=O)O)n3F)c1. The third-order valence-corrected chi connectivity index (χ3v) is 3.36. The Labute approximate surface area is 125 Å². The molecular weight excluding hydrogens is 287 g/mol. The van der Waals surface area contributed by atoms with Crippen LogP contribution in [-0.4, -0.2) is 23.0 Å². The van der Waals surface area contributed by atoms with Crippen molar-refractivity contribution in [2.45, 2.75) is 0 Å². The van der Waals surface area contributed by atoms with Gasteiger partial charge in [-0.25, -0.2) is 4.79 Å². The molecule has 2 aromatic carbocycles. The molecule has 1 heterocycles. The maximum Gasteiger partial charge on any atom is 0.355 e. The maximum atomic E-state index is 14.0. The van der Waals surface area contributed by atoms with Crippen LogP contribution in [0.4, 0.5) is 15.9 Å². The molecule has 22 heavy (non-hydrogen) atoms. The normalized spacial score (nSPS) is 10.6. The van der Waals surface area contributed by atoms with Gasteiger partial charge in [0, 0.05) is 22.8 Å². The Hall–Kier alpha value is -3.02. The van der Waals surface area contributed by atoms with Gasteiger partial charge < -0.3 is 15.2 Å². The van der Waals surface area contributed by atoms with E-state index < -0.39 is 11.7 Å². The van der Waals surface area contributed by atoms with Crippen molar-refractivity contribution in [2.75, 3.05) is 12.4 Å². The highest BCUT2D eigenvalue weighted by Crippen LogP contribution is 2.30. The maximum absolute atomic E-state index is 14.0. The minimum absolute atomic E-state index is 0.175. The van der Waals surface area contributed by atoms with E-state index in [0.29, 0.717) is 16.8 Å². The van der Waals surface area contributed by atoms with Crippen LogP contribution >= 0.6 is 0 Å². The highest BCUT2D eigenvalue weighted by atomic mass is 19.2. The minimum atomic E-state index is -1.31. The molecule has 1 aromatic heterocycles. The molecule has 0 atom stereocenters. The van der Waals surface area contributed by atoms with Crippen LogP contribution in [0.25, 0.3) is 10.9 Å². The predicted molar refractivity (Wildman–Crippen MR) is 81.7 cm³/mol. The molecule has 6 heteroatoms. The van der Waals surface area contributed by atoms with Gasteiger partial charge in [0.05, 0.1) is 12.6 Å². The molecule has 0 unspecified atom stereocenters. The Morgan fingerprint density at radius 3 is 2.73 bits per heavy atom. The summed E-state index contributed by atoms with van der Waals surface area (Å²) in [4.78, 5) is 11.2. The van der Waals surface area contributed by atoms with Crippen molar-refractivity contribution < 1.29 is 19.1 Å². The summed E-state index contributed by atoms with van der Waals surface area (Å²) in [5, 5.41) is 12.7. The first-order valence-electron chi connectivity index (χ1n) is 6.55. The Morgan fingerprint density at radius 1 is 1.23 bits per heavy atom. The summed E-state index contributed by atoms with van der Waals surface area (Å²) in [5.41, 5.74) is 1.17. The molecule has 3 rings (SSSR count). The number of ether oxygens (including phenoxy) is 1. The molecule has 0 saturated carbocycles. The van der Waals surface area contributed by atoms with Gasteiger partial charge in [0.25, 0.3) is 0 Å². The number of nitrogens with zero attached hydrogens (tertiary/aromatic N) is 1. The minimum Gasteiger partial charge on any atom is -0.497 e. The topological polar surface area (TPSA) is 63.5 Å². The Balaban J connectivity index is 2.07. The smallest absolute Gasteiger partial charge is 0.355 e. The number of hydrogen-bond acceptors (Lipinski definition) is 3. The van der Waals surface area contributed by atoms with E-state index in [1.165, 1.54) is 12.1 Å². The number of carbonyl (C=O) groups is 1. The van der Waals surface area contributed by atoms with Crippen LogP contribution in [0.3, 0.4) is 0 Å². The second-order valence-electron chi connectivity index (χ2n) is 4.71. The molecule has 0 bridgehead atoms. The fourth-order valence-electron chi connectivity index (χ4n) is 2.31. The number of carboxylic acid groups (broad SMARTS) is 1. The zero-order valence-electron chi connectivity index (χ0n) is 11.7. The van der Waals surface area contributed by atoms with Gasteiger partial charge in [-0.05, 0) is 30.3 Å². The van der Waals surface area contributed by atoms with Crippen molar-refractivity contribution in [3.05, 3.63) is 54.2 Å². The summed E-state index contributed by atoms with van der Waals surface area (Å²) in [6.45, 7) is 0. The lowest BCUT2D eigenvalue weighted by atomic mass is 10.2. The van der Waals surface area contributed by atoms with Gasteiger partial charge in [0.15, 0.2) is 5.69 Å². The summed E-state index contributed by atoms with van der Waals surface area (Å²) in [7, 11) is 1.57. The molecular formula is C16H13FN2O3. The number of hydrogen-bond donors (Lipinski definition) is 2. The molecule has 2 N–H and O–H groups in total. The molecule has 0 aliphatic heterocycles. The second kappa shape index (κ2) is 5.40. The number of rotatable bonds is 4. The van der Waals surface area contributed by atoms with E-state index in [-0.39, 0.29) is 10.3 Å². The fourth-order valence-corrected chi connectivity index (χ4v) is 2.31. The van der Waals surface area contributed by atoms with E-state index in [0.717, 1.165) is 5.69 Å². The van der Waals surface area contributed by atoms with E-state index in [9.17, 15) is 9.28 Å². The third kappa shape index (κ3) is 2.35. The Kier molecular flexibility index (Phi) is 3.42. The highest BCUT2D eigenvalue weighted by Gasteiger charge is 2.16. The van der Waals surface area contributed by atoms with Crippen molar-refractivity contribution in [1.29, 1.82) is 0 Å². The standard InChI is InChI=1S/C16H13FN2O3/c1-22-11-5-2-4-10(8-11)18-13-6-3-7-14-12(13)9-15(16(20)21)19(14)17/h2-9,18H,1H3,(H,20,21). The van der Waals surface area contributed by atoms with Crippen molar-refractivity contribution in [3.8, 4) is 5.75 Å². The van der Waals surface area contributed by atoms with Crippen molar-refractivity contribution >= 4 is 28.2 Å². The Morgan fingerprint density at radius 2 is 2.00 bits per heavy atom. The van der Waals surface area contributed by atoms with E-state index in [4.69, 9.17) is 9.84 Å². The molecule has 0 spiro atoms. The first-order valence-corrected chi connectivity index (χ1v) is 6.55. The molecule has 0 aliphatic carbocycles. The Bertz CT molecular complexity index is 858. The highest BCUT2D eigenvalue weighted by molar-refractivity contribution is 6.00. The number of anilines is 2. The van der Waals surface area contributed by atoms with Crippen molar-refractivity contribution in [3.63, 3.8) is 0 Å². The lowest BCUT2D eigenvalue weighted by molar-refractivity contribution is 0.0674. The molecule has 0 saturated heterocycles. The van der Waals surface area contributed by atoms with Crippen LogP contribution in [0.5, 0.6) is 5.75 Å². The molecule has 3 aromatic rings. The van der Waals surface area contributed by atoms with Gasteiger partial charge in [-0.1, -0.05) is 16.6 Å². The van der Waals surface area contributed by atoms with Crippen LogP contribution in [-0.2, 0) is 0 Å². The molecule has 0 fully saturated rings. The number of aromatic carboxylic acids is 1. The summed E-state index contributed by atoms with van der Waals surface area (Å²) in [6.07, 6.45) is 0. The van der Waals surface area contributed by atoms with E-state index in [1.807, 2.05) is 18.2 Å². The molecule has 112 valence electrons. The van der Waals surface area contributed by atoms with Gasteiger partial charge in [-0.15, -0.1) is 0 Å². The fraction of sp³-hybridized carbons (Fsp3) is 0.0625. The van der Waals surface area contributed by atoms with Gasteiger partial charge in [-0.3, -0.25) is 0 Å². The van der Waals surface area contributed by atoms with Crippen LogP contribution in [0.1, 0.15) is 10.5 Å². The second-order valence-corrected chi connectivity index (χ2v) is 4.71. The van der Waals surface area contributed by atoms with Crippen molar-refractivity contribution in [2.24, 2.45) is 0 Å². The number of nitrogens with one attached hydrogen (secondary N) is 1. The monoisotopic (exact) mass is 300 g/mol. The van der Waals surface area contributed by atoms with Crippen LogP contribution in [0.15, 0.2) is 48.5 Å². The van der Waals surface area contributed by atoms with Crippen molar-refractivity contribution in [1.82, 2.24) is 4.79 Å². The first-order chi connectivity index (χ1) is 10.6. The summed E-state index contributed by atoms with van der Waals surface area (Å²) in [6, 6.07) is 13.5. The van der Waals surface area contributed by atoms with Gasteiger partial charge in [0.1, 0.15) is 5.75 Å². The van der Waals surface area contributed by atoms with E-state index in [2.05, 4.69) is 5.32 Å². The number of aromatic nitrogens is 1. The van der Waals surface area contributed by atoms with Crippen LogP contribution in [0, 0.1) is 0 Å². The van der Waals surface area contributed by atoms with Gasteiger partial charge in [0.2, 0.25) is 0 Å². The number of benzene rings is 2. The zero-order chi connectivity index (χ0) is 15.7. The van der Waals surface area contributed by atoms with Crippen LogP contribution < -0.4 is 10.1 Å². The largest absolute Gasteiger partial charge is 0.497 e. The first kappa shape index (κ1) is 13.9. The number of carboxylic acids is 1. The summed E-state index contributed by atoms with van der Waals surface area (Å²) >= 11 is 0. The summed E-state index contributed by atoms with van der Waals surface area (Å²) < 4.78 is 19.2. The average Bonchev–Trinajstić information content (AvgIpc) is 2.86. The lowest BCUT2D eigenvalue weighted by Crippen LogP contribution is -2.00. The quantitative estimate of drug-likeness (QED) is 0.768. The van der Waals surface area contributed by atoms with Gasteiger partial charge >= 0.3 is 5.97 Å². The molecule has 0 amide bonds. The number of fused-ring (bicyclic) bond motifs is 1. The zero-order valence-corrected chi connectivity index (χ0v) is 11.7. The average molecular weight is 300 g/mol. The number of halogens is 1. The van der Waals surface area contributed by atoms with E-state index in [1.54, 1.807) is 25.3 Å². The molecule has 0 aliphatic rings. The third-order valence-electron chi connectivity index (χ3n) is 3.36. The van der Waals surface area contributed by atoms with E-state index >= 15 is 0 Å². The molecule has 0 radical (unpaired) electrons.